The Labute approximate surface area is 108 Å². The highest BCUT2D eigenvalue weighted by atomic mass is 16.5. The molecule has 1 aliphatic rings. The molecule has 2 N–H and O–H groups in total. The van der Waals surface area contributed by atoms with Gasteiger partial charge >= 0.3 is 0 Å². The van der Waals surface area contributed by atoms with Gasteiger partial charge in [-0.2, -0.15) is 0 Å². The van der Waals surface area contributed by atoms with Crippen molar-refractivity contribution in [1.82, 2.24) is 0 Å². The van der Waals surface area contributed by atoms with E-state index in [4.69, 9.17) is 10.5 Å². The van der Waals surface area contributed by atoms with Gasteiger partial charge in [0.15, 0.2) is 5.78 Å². The van der Waals surface area contributed by atoms with Crippen LogP contribution in [0.2, 0.25) is 0 Å². The third-order valence-corrected chi connectivity index (χ3v) is 3.84. The molecule has 0 aromatic heterocycles. The summed E-state index contributed by atoms with van der Waals surface area (Å²) in [7, 11) is 1.60. The Balaban J connectivity index is 2.47. The summed E-state index contributed by atoms with van der Waals surface area (Å²) in [4.78, 5) is 12.7. The summed E-state index contributed by atoms with van der Waals surface area (Å²) in [5.74, 6) is 0.684. The standard InChI is InChI=1S/C15H21NO2/c1-10-8-11(2)13(12(9-10)18-3)14(17)15(16)6-4-5-7-15/h8-9H,4-7,16H2,1-3H3. The third-order valence-electron chi connectivity index (χ3n) is 3.84. The molecule has 18 heavy (non-hydrogen) atoms. The highest BCUT2D eigenvalue weighted by Crippen LogP contribution is 2.34. The SMILES string of the molecule is COc1cc(C)cc(C)c1C(=O)C1(N)CCCC1. The first-order chi connectivity index (χ1) is 8.48. The van der Waals surface area contributed by atoms with Crippen molar-refractivity contribution < 1.29 is 9.53 Å². The lowest BCUT2D eigenvalue weighted by Gasteiger charge is -2.24. The highest BCUT2D eigenvalue weighted by Gasteiger charge is 2.39. The molecule has 1 aromatic rings. The lowest BCUT2D eigenvalue weighted by atomic mass is 9.86. The molecule has 98 valence electrons. The van der Waals surface area contributed by atoms with Crippen LogP contribution in [0, 0.1) is 13.8 Å². The van der Waals surface area contributed by atoms with E-state index >= 15 is 0 Å². The second kappa shape index (κ2) is 4.73. The van der Waals surface area contributed by atoms with Crippen molar-refractivity contribution in [3.05, 3.63) is 28.8 Å². The molecular formula is C15H21NO2. The van der Waals surface area contributed by atoms with Crippen molar-refractivity contribution in [2.75, 3.05) is 7.11 Å². The zero-order valence-corrected chi connectivity index (χ0v) is 11.4. The molecule has 0 radical (unpaired) electrons. The Hall–Kier alpha value is -1.35. The second-order valence-electron chi connectivity index (χ2n) is 5.35. The maximum absolute atomic E-state index is 12.7. The maximum Gasteiger partial charge on any atom is 0.186 e. The summed E-state index contributed by atoms with van der Waals surface area (Å²) >= 11 is 0. The van der Waals surface area contributed by atoms with Crippen molar-refractivity contribution in [2.24, 2.45) is 5.73 Å². The number of benzene rings is 1. The minimum Gasteiger partial charge on any atom is -0.496 e. The fourth-order valence-corrected chi connectivity index (χ4v) is 2.86. The summed E-state index contributed by atoms with van der Waals surface area (Å²) in [5, 5.41) is 0. The summed E-state index contributed by atoms with van der Waals surface area (Å²) in [6.45, 7) is 3.94. The molecule has 1 aromatic carbocycles. The minimum atomic E-state index is -0.687. The average molecular weight is 247 g/mol. The number of rotatable bonds is 3. The average Bonchev–Trinajstić information content (AvgIpc) is 2.75. The molecule has 3 heteroatoms. The van der Waals surface area contributed by atoms with E-state index in [1.54, 1.807) is 7.11 Å². The number of carbonyl (C=O) groups is 1. The summed E-state index contributed by atoms with van der Waals surface area (Å²) in [6.07, 6.45) is 3.63. The Morgan fingerprint density at radius 3 is 2.44 bits per heavy atom. The van der Waals surface area contributed by atoms with Crippen molar-refractivity contribution in [2.45, 2.75) is 45.1 Å². The second-order valence-corrected chi connectivity index (χ2v) is 5.35. The van der Waals surface area contributed by atoms with Crippen LogP contribution in [0.4, 0.5) is 0 Å². The van der Waals surface area contributed by atoms with Gasteiger partial charge in [0.25, 0.3) is 0 Å². The van der Waals surface area contributed by atoms with Gasteiger partial charge in [0.1, 0.15) is 5.75 Å². The van der Waals surface area contributed by atoms with Crippen molar-refractivity contribution in [1.29, 1.82) is 0 Å². The normalized spacial score (nSPS) is 17.8. The van der Waals surface area contributed by atoms with Crippen LogP contribution in [0.1, 0.15) is 47.2 Å². The Kier molecular flexibility index (Phi) is 3.44. The van der Waals surface area contributed by atoms with Crippen LogP contribution in [-0.2, 0) is 0 Å². The van der Waals surface area contributed by atoms with Crippen LogP contribution < -0.4 is 10.5 Å². The molecule has 0 aliphatic heterocycles. The predicted molar refractivity (Wildman–Crippen MR) is 72.2 cm³/mol. The molecule has 0 atom stereocenters. The van der Waals surface area contributed by atoms with Crippen LogP contribution in [-0.4, -0.2) is 18.4 Å². The Morgan fingerprint density at radius 1 is 1.28 bits per heavy atom. The number of hydrogen-bond donors (Lipinski definition) is 1. The molecule has 0 unspecified atom stereocenters. The molecule has 2 rings (SSSR count). The minimum absolute atomic E-state index is 0.0364. The van der Waals surface area contributed by atoms with Crippen LogP contribution in [0.5, 0.6) is 5.75 Å². The van der Waals surface area contributed by atoms with E-state index in [1.165, 1.54) is 0 Å². The number of nitrogens with two attached hydrogens (primary N) is 1. The number of aryl methyl sites for hydroxylation is 2. The fourth-order valence-electron chi connectivity index (χ4n) is 2.86. The van der Waals surface area contributed by atoms with Crippen LogP contribution in [0.15, 0.2) is 12.1 Å². The molecule has 0 amide bonds. The highest BCUT2D eigenvalue weighted by molar-refractivity contribution is 6.06. The van der Waals surface area contributed by atoms with E-state index in [9.17, 15) is 4.79 Å². The zero-order chi connectivity index (χ0) is 13.3. The molecular weight excluding hydrogens is 226 g/mol. The van der Waals surface area contributed by atoms with Crippen molar-refractivity contribution >= 4 is 5.78 Å². The van der Waals surface area contributed by atoms with Crippen LogP contribution in [0.3, 0.4) is 0 Å². The van der Waals surface area contributed by atoms with Crippen molar-refractivity contribution in [3.63, 3.8) is 0 Å². The van der Waals surface area contributed by atoms with Gasteiger partial charge in [0.2, 0.25) is 0 Å². The van der Waals surface area contributed by atoms with E-state index in [1.807, 2.05) is 26.0 Å². The number of carbonyl (C=O) groups excluding carboxylic acids is 1. The number of Topliss-reactive ketones (excluding diaryl/α,β-unsaturated/α-hetero) is 1. The number of methoxy groups -OCH3 is 1. The van der Waals surface area contributed by atoms with Crippen LogP contribution in [0.25, 0.3) is 0 Å². The zero-order valence-electron chi connectivity index (χ0n) is 11.4. The summed E-state index contributed by atoms with van der Waals surface area (Å²) < 4.78 is 5.36. The smallest absolute Gasteiger partial charge is 0.186 e. The first-order valence-corrected chi connectivity index (χ1v) is 6.47. The van der Waals surface area contributed by atoms with Gasteiger partial charge < -0.3 is 10.5 Å². The monoisotopic (exact) mass is 247 g/mol. The largest absolute Gasteiger partial charge is 0.496 e. The third kappa shape index (κ3) is 2.15. The van der Waals surface area contributed by atoms with Gasteiger partial charge in [0, 0.05) is 0 Å². The molecule has 1 fully saturated rings. The lowest BCUT2D eigenvalue weighted by molar-refractivity contribution is 0.0888. The number of ether oxygens (including phenoxy) is 1. The fraction of sp³-hybridized carbons (Fsp3) is 0.533. The Morgan fingerprint density at radius 2 is 1.89 bits per heavy atom. The van der Waals surface area contributed by atoms with E-state index in [2.05, 4.69) is 0 Å². The first kappa shape index (κ1) is 13.1. The molecule has 1 aliphatic carbocycles. The van der Waals surface area contributed by atoms with E-state index in [0.29, 0.717) is 11.3 Å². The molecule has 0 spiro atoms. The number of ketones is 1. The molecule has 3 nitrogen and oxygen atoms in total. The number of hydrogen-bond acceptors (Lipinski definition) is 3. The van der Waals surface area contributed by atoms with Gasteiger partial charge in [-0.05, 0) is 43.9 Å². The van der Waals surface area contributed by atoms with E-state index in [0.717, 1.165) is 36.8 Å². The van der Waals surface area contributed by atoms with Gasteiger partial charge in [-0.25, -0.2) is 0 Å². The van der Waals surface area contributed by atoms with Gasteiger partial charge in [-0.15, -0.1) is 0 Å². The predicted octanol–water partition coefficient (Wildman–Crippen LogP) is 2.77. The van der Waals surface area contributed by atoms with E-state index < -0.39 is 5.54 Å². The van der Waals surface area contributed by atoms with Gasteiger partial charge in [-0.3, -0.25) is 4.79 Å². The van der Waals surface area contributed by atoms with Gasteiger partial charge in [-0.1, -0.05) is 18.9 Å². The lowest BCUT2D eigenvalue weighted by Crippen LogP contribution is -2.45. The molecule has 0 heterocycles. The summed E-state index contributed by atoms with van der Waals surface area (Å²) in [6, 6.07) is 3.91. The maximum atomic E-state index is 12.7. The van der Waals surface area contributed by atoms with Crippen LogP contribution >= 0.6 is 0 Å². The quantitative estimate of drug-likeness (QED) is 0.836. The molecule has 1 saturated carbocycles. The first-order valence-electron chi connectivity index (χ1n) is 6.47. The molecule has 0 bridgehead atoms. The molecule has 0 saturated heterocycles. The van der Waals surface area contributed by atoms with E-state index in [-0.39, 0.29) is 5.78 Å². The topological polar surface area (TPSA) is 52.3 Å². The van der Waals surface area contributed by atoms with Crippen molar-refractivity contribution in [3.8, 4) is 5.75 Å². The Bertz CT molecular complexity index is 474. The summed E-state index contributed by atoms with van der Waals surface area (Å²) in [5.41, 5.74) is 8.28. The van der Waals surface area contributed by atoms with Gasteiger partial charge in [0.05, 0.1) is 18.2 Å².